The minimum Gasteiger partial charge on any atom is -0.254 e. The van der Waals surface area contributed by atoms with Crippen LogP contribution in [0.2, 0.25) is 0 Å². The van der Waals surface area contributed by atoms with Gasteiger partial charge in [-0.2, -0.15) is 8.78 Å². The molecule has 0 aliphatic rings. The molecule has 0 N–H and O–H groups in total. The Balaban J connectivity index is 3.11. The Bertz CT molecular complexity index is 299. The van der Waals surface area contributed by atoms with Gasteiger partial charge in [0.05, 0.1) is 0 Å². The normalized spacial score (nSPS) is 11.6. The highest BCUT2D eigenvalue weighted by Gasteiger charge is 2.29. The third-order valence-electron chi connectivity index (χ3n) is 1.37. The fourth-order valence-corrected chi connectivity index (χ4v) is 1.45. The van der Waals surface area contributed by atoms with E-state index in [1.807, 2.05) is 0 Å². The van der Waals surface area contributed by atoms with E-state index in [0.29, 0.717) is 0 Å². The number of aryl methyl sites for hydroxylation is 1. The summed E-state index contributed by atoms with van der Waals surface area (Å²) in [6.07, 6.45) is 1.40. The van der Waals surface area contributed by atoms with Crippen LogP contribution < -0.4 is 0 Å². The molecule has 0 saturated carbocycles. The summed E-state index contributed by atoms with van der Waals surface area (Å²) in [5.41, 5.74) is 0.655. The van der Waals surface area contributed by atoms with E-state index in [4.69, 9.17) is 0 Å². The van der Waals surface area contributed by atoms with Crippen molar-refractivity contribution in [3.8, 4) is 0 Å². The number of pyridine rings is 1. The van der Waals surface area contributed by atoms with Gasteiger partial charge in [0.25, 0.3) is 0 Å². The third kappa shape index (κ3) is 2.06. The van der Waals surface area contributed by atoms with Crippen LogP contribution in [0.5, 0.6) is 0 Å². The SMILES string of the molecule is C=IC(F)(F)c1cc(C)ccn1. The fourth-order valence-electron chi connectivity index (χ4n) is 0.760. The van der Waals surface area contributed by atoms with Crippen LogP contribution in [0.1, 0.15) is 11.3 Å². The summed E-state index contributed by atoms with van der Waals surface area (Å²) in [5, 5.41) is 0. The largest absolute Gasteiger partial charge is 0.332 e. The van der Waals surface area contributed by atoms with Crippen LogP contribution in [0.4, 0.5) is 8.78 Å². The molecule has 0 bridgehead atoms. The summed E-state index contributed by atoms with van der Waals surface area (Å²) in [6.45, 7) is 1.77. The van der Waals surface area contributed by atoms with Crippen molar-refractivity contribution >= 4 is 25.2 Å². The number of aromatic nitrogens is 1. The van der Waals surface area contributed by atoms with E-state index < -0.39 is 24.7 Å². The maximum absolute atomic E-state index is 13.0. The number of rotatable bonds is 2. The molecule has 0 unspecified atom stereocenters. The molecule has 1 aromatic heterocycles. The average Bonchev–Trinajstić information content (AvgIpc) is 2.05. The summed E-state index contributed by atoms with van der Waals surface area (Å²) in [6, 6.07) is 3.10. The minimum atomic E-state index is -2.79. The first-order valence-electron chi connectivity index (χ1n) is 3.27. The van der Waals surface area contributed by atoms with Crippen molar-refractivity contribution in [3.63, 3.8) is 0 Å². The molecule has 1 aromatic rings. The third-order valence-corrected chi connectivity index (χ3v) is 2.88. The van der Waals surface area contributed by atoms with Crippen molar-refractivity contribution in [2.45, 2.75) is 10.9 Å². The van der Waals surface area contributed by atoms with Gasteiger partial charge in [-0.05, 0) is 45.4 Å². The molecular formula is C8H8F2IN. The van der Waals surface area contributed by atoms with E-state index >= 15 is 0 Å². The minimum absolute atomic E-state index is 0.148. The van der Waals surface area contributed by atoms with Crippen LogP contribution in [0, 0.1) is 6.92 Å². The fraction of sp³-hybridized carbons (Fsp3) is 0.250. The highest BCUT2D eigenvalue weighted by atomic mass is 127. The van der Waals surface area contributed by atoms with Crippen LogP contribution >= 0.6 is 20.7 Å². The molecule has 4 heteroatoms. The summed E-state index contributed by atoms with van der Waals surface area (Å²) in [7, 11) is 0. The molecule has 0 aliphatic carbocycles. The average molecular weight is 283 g/mol. The molecule has 0 aliphatic heterocycles. The summed E-state index contributed by atoms with van der Waals surface area (Å²) in [5.74, 6) is 0. The van der Waals surface area contributed by atoms with E-state index in [0.717, 1.165) is 5.56 Å². The smallest absolute Gasteiger partial charge is 0.254 e. The van der Waals surface area contributed by atoms with Gasteiger partial charge in [-0.1, -0.05) is 4.51 Å². The number of alkyl halides is 3. The molecule has 12 heavy (non-hydrogen) atoms. The van der Waals surface area contributed by atoms with E-state index in [1.165, 1.54) is 12.3 Å². The van der Waals surface area contributed by atoms with Crippen LogP contribution in [0.25, 0.3) is 0 Å². The predicted octanol–water partition coefficient (Wildman–Crippen LogP) is 2.84. The first-order chi connectivity index (χ1) is 5.56. The molecule has 0 atom stereocenters. The van der Waals surface area contributed by atoms with Crippen molar-refractivity contribution < 1.29 is 8.78 Å². The van der Waals surface area contributed by atoms with Gasteiger partial charge in [-0.25, -0.2) is 0 Å². The van der Waals surface area contributed by atoms with Crippen LogP contribution in [0.3, 0.4) is 0 Å². The van der Waals surface area contributed by atoms with Crippen molar-refractivity contribution in [2.24, 2.45) is 0 Å². The topological polar surface area (TPSA) is 12.9 Å². The predicted molar refractivity (Wildman–Crippen MR) is 54.0 cm³/mol. The maximum atomic E-state index is 13.0. The zero-order valence-electron chi connectivity index (χ0n) is 6.52. The Hall–Kier alpha value is -0.390. The van der Waals surface area contributed by atoms with Crippen LogP contribution in [-0.4, -0.2) is 9.50 Å². The van der Waals surface area contributed by atoms with Crippen molar-refractivity contribution in [2.75, 3.05) is 0 Å². The lowest BCUT2D eigenvalue weighted by atomic mass is 10.2. The Morgan fingerprint density at radius 1 is 1.58 bits per heavy atom. The lowest BCUT2D eigenvalue weighted by molar-refractivity contribution is 0.122. The van der Waals surface area contributed by atoms with Gasteiger partial charge in [-0.15, -0.1) is 0 Å². The van der Waals surface area contributed by atoms with E-state index in [-0.39, 0.29) is 5.69 Å². The second-order valence-electron chi connectivity index (χ2n) is 2.35. The lowest BCUT2D eigenvalue weighted by Gasteiger charge is -2.09. The van der Waals surface area contributed by atoms with Gasteiger partial charge in [0.2, 0.25) is 0 Å². The molecule has 0 aromatic carbocycles. The Morgan fingerprint density at radius 2 is 2.25 bits per heavy atom. The van der Waals surface area contributed by atoms with Crippen molar-refractivity contribution in [1.29, 1.82) is 0 Å². The molecule has 0 saturated heterocycles. The second kappa shape index (κ2) is 3.55. The van der Waals surface area contributed by atoms with Gasteiger partial charge in [-0.3, -0.25) is 4.98 Å². The number of hydrogen-bond donors (Lipinski definition) is 0. The Kier molecular flexibility index (Phi) is 2.87. The summed E-state index contributed by atoms with van der Waals surface area (Å²) >= 11 is -1.38. The van der Waals surface area contributed by atoms with Crippen molar-refractivity contribution in [1.82, 2.24) is 4.98 Å². The molecule has 0 radical (unpaired) electrons. The van der Waals surface area contributed by atoms with Gasteiger partial charge in [0, 0.05) is 6.20 Å². The maximum Gasteiger partial charge on any atom is 0.332 e. The Labute approximate surface area is 79.6 Å². The Morgan fingerprint density at radius 3 is 2.75 bits per heavy atom. The quantitative estimate of drug-likeness (QED) is 0.601. The monoisotopic (exact) mass is 283 g/mol. The molecule has 0 amide bonds. The highest BCUT2D eigenvalue weighted by Crippen LogP contribution is 2.37. The summed E-state index contributed by atoms with van der Waals surface area (Å²) < 4.78 is 26.5. The zero-order chi connectivity index (χ0) is 9.19. The molecule has 1 heterocycles. The van der Waals surface area contributed by atoms with E-state index in [2.05, 4.69) is 9.50 Å². The highest BCUT2D eigenvalue weighted by molar-refractivity contribution is 14.2. The van der Waals surface area contributed by atoms with Gasteiger partial charge in [0.1, 0.15) is 5.69 Å². The first-order valence-corrected chi connectivity index (χ1v) is 5.87. The van der Waals surface area contributed by atoms with Gasteiger partial charge in [0.15, 0.2) is 0 Å². The summed E-state index contributed by atoms with van der Waals surface area (Å²) in [4.78, 5) is 3.62. The second-order valence-corrected chi connectivity index (χ2v) is 4.47. The molecular weight excluding hydrogens is 275 g/mol. The van der Waals surface area contributed by atoms with Gasteiger partial charge >= 0.3 is 3.93 Å². The molecule has 66 valence electrons. The zero-order valence-corrected chi connectivity index (χ0v) is 8.68. The number of nitrogens with zero attached hydrogens (tertiary/aromatic N) is 1. The van der Waals surface area contributed by atoms with E-state index in [9.17, 15) is 8.78 Å². The standard InChI is InChI=1S/C8H8F2IN/c1-6-3-4-12-7(5-6)8(9,10)11-2/h3-5H,2H2,1H3. The molecule has 1 rings (SSSR count). The van der Waals surface area contributed by atoms with E-state index in [1.54, 1.807) is 13.0 Å². The van der Waals surface area contributed by atoms with Crippen molar-refractivity contribution in [3.05, 3.63) is 29.6 Å². The van der Waals surface area contributed by atoms with Crippen LogP contribution in [0.15, 0.2) is 18.3 Å². The number of hydrogen-bond acceptors (Lipinski definition) is 1. The van der Waals surface area contributed by atoms with Crippen LogP contribution in [-0.2, 0) is 3.93 Å². The molecule has 0 fully saturated rings. The first kappa shape index (κ1) is 9.70. The number of halogens is 3. The molecule has 0 spiro atoms. The van der Waals surface area contributed by atoms with Gasteiger partial charge < -0.3 is 0 Å². The lowest BCUT2D eigenvalue weighted by Crippen LogP contribution is -2.06. The molecule has 1 nitrogen and oxygen atoms in total.